The molecule has 5 heteroatoms. The number of nitrogens with zero attached hydrogens (tertiary/aromatic N) is 1. The molecule has 0 aliphatic carbocycles. The van der Waals surface area contributed by atoms with Crippen molar-refractivity contribution >= 4 is 5.91 Å². The van der Waals surface area contributed by atoms with Crippen LogP contribution in [0.1, 0.15) is 25.7 Å². The normalized spacial score (nSPS) is 20.9. The van der Waals surface area contributed by atoms with Gasteiger partial charge in [-0.1, -0.05) is 6.42 Å². The first kappa shape index (κ1) is 15.4. The number of likely N-dealkylation sites (tertiary alicyclic amines) is 1. The smallest absolute Gasteiger partial charge is 0.234 e. The number of hydrogen-bond donors (Lipinski definition) is 2. The van der Waals surface area contributed by atoms with Gasteiger partial charge in [-0.3, -0.25) is 9.69 Å². The number of nitrogens with one attached hydrogen (secondary N) is 2. The molecule has 1 heterocycles. The molecule has 1 aliphatic heterocycles. The molecule has 1 atom stereocenters. The van der Waals surface area contributed by atoms with E-state index in [0.29, 0.717) is 25.7 Å². The summed E-state index contributed by atoms with van der Waals surface area (Å²) in [5.41, 5.74) is 0. The Kier molecular flexibility index (Phi) is 7.96. The third-order valence-electron chi connectivity index (χ3n) is 3.38. The Morgan fingerprint density at radius 3 is 3.00 bits per heavy atom. The predicted molar refractivity (Wildman–Crippen MR) is 72.6 cm³/mol. The van der Waals surface area contributed by atoms with Crippen molar-refractivity contribution in [2.24, 2.45) is 0 Å². The fourth-order valence-electron chi connectivity index (χ4n) is 2.42. The van der Waals surface area contributed by atoms with Crippen LogP contribution in [-0.4, -0.2) is 63.8 Å². The van der Waals surface area contributed by atoms with Crippen LogP contribution in [0.3, 0.4) is 0 Å². The molecule has 5 nitrogen and oxygen atoms in total. The summed E-state index contributed by atoms with van der Waals surface area (Å²) in [6.45, 7) is 3.94. The van der Waals surface area contributed by atoms with E-state index in [1.807, 2.05) is 7.05 Å². The summed E-state index contributed by atoms with van der Waals surface area (Å²) in [5, 5.41) is 6.16. The summed E-state index contributed by atoms with van der Waals surface area (Å²) in [5.74, 6) is 0.133. The maximum absolute atomic E-state index is 11.8. The summed E-state index contributed by atoms with van der Waals surface area (Å²) in [4.78, 5) is 14.1. The van der Waals surface area contributed by atoms with Crippen LogP contribution in [0.15, 0.2) is 0 Å². The SMILES string of the molecule is CNCC1CCCCN1CC(=O)NCCCOC. The van der Waals surface area contributed by atoms with Crippen LogP contribution in [0, 0.1) is 0 Å². The number of hydrogen-bond acceptors (Lipinski definition) is 4. The van der Waals surface area contributed by atoms with Gasteiger partial charge in [0, 0.05) is 32.8 Å². The Labute approximate surface area is 110 Å². The summed E-state index contributed by atoms with van der Waals surface area (Å²) < 4.78 is 4.95. The Morgan fingerprint density at radius 2 is 2.28 bits per heavy atom. The van der Waals surface area contributed by atoms with Gasteiger partial charge in [0.1, 0.15) is 0 Å². The fraction of sp³-hybridized carbons (Fsp3) is 0.923. The third kappa shape index (κ3) is 5.80. The molecule has 0 aromatic rings. The molecule has 18 heavy (non-hydrogen) atoms. The second kappa shape index (κ2) is 9.30. The first-order valence-corrected chi connectivity index (χ1v) is 6.92. The molecular weight excluding hydrogens is 230 g/mol. The number of amides is 1. The van der Waals surface area contributed by atoms with Gasteiger partial charge in [-0.25, -0.2) is 0 Å². The molecular formula is C13H27N3O2. The number of ether oxygens (including phenoxy) is 1. The first-order chi connectivity index (χ1) is 8.77. The number of likely N-dealkylation sites (N-methyl/N-ethyl adjacent to an activating group) is 1. The van der Waals surface area contributed by atoms with Gasteiger partial charge in [0.2, 0.25) is 5.91 Å². The number of methoxy groups -OCH3 is 1. The minimum atomic E-state index is 0.133. The molecule has 1 unspecified atom stereocenters. The lowest BCUT2D eigenvalue weighted by atomic mass is 10.0. The Balaban J connectivity index is 2.23. The standard InChI is InChI=1S/C13H27N3O2/c1-14-10-12-6-3-4-8-16(12)11-13(17)15-7-5-9-18-2/h12,14H,3-11H2,1-2H3,(H,15,17). The molecule has 0 saturated carbocycles. The largest absolute Gasteiger partial charge is 0.385 e. The van der Waals surface area contributed by atoms with Gasteiger partial charge in [-0.05, 0) is 32.9 Å². The molecule has 1 aliphatic rings. The lowest BCUT2D eigenvalue weighted by Gasteiger charge is -2.35. The lowest BCUT2D eigenvalue weighted by molar-refractivity contribution is -0.123. The van der Waals surface area contributed by atoms with Gasteiger partial charge >= 0.3 is 0 Å². The molecule has 0 radical (unpaired) electrons. The van der Waals surface area contributed by atoms with Crippen molar-refractivity contribution in [2.75, 3.05) is 46.9 Å². The Hall–Kier alpha value is -0.650. The monoisotopic (exact) mass is 257 g/mol. The van der Waals surface area contributed by atoms with Crippen molar-refractivity contribution in [1.82, 2.24) is 15.5 Å². The number of rotatable bonds is 8. The van der Waals surface area contributed by atoms with Crippen molar-refractivity contribution in [2.45, 2.75) is 31.7 Å². The highest BCUT2D eigenvalue weighted by Gasteiger charge is 2.23. The molecule has 0 spiro atoms. The van der Waals surface area contributed by atoms with E-state index in [9.17, 15) is 4.79 Å². The predicted octanol–water partition coefficient (Wildman–Crippen LogP) is 0.213. The maximum Gasteiger partial charge on any atom is 0.234 e. The molecule has 0 aromatic heterocycles. The molecule has 1 amide bonds. The van der Waals surface area contributed by atoms with Crippen LogP contribution < -0.4 is 10.6 Å². The number of carbonyl (C=O) groups is 1. The Morgan fingerprint density at radius 1 is 1.44 bits per heavy atom. The maximum atomic E-state index is 11.8. The average Bonchev–Trinajstić information content (AvgIpc) is 2.37. The van der Waals surface area contributed by atoms with Gasteiger partial charge in [0.15, 0.2) is 0 Å². The minimum absolute atomic E-state index is 0.133. The van der Waals surface area contributed by atoms with E-state index >= 15 is 0 Å². The first-order valence-electron chi connectivity index (χ1n) is 6.92. The molecule has 0 bridgehead atoms. The summed E-state index contributed by atoms with van der Waals surface area (Å²) >= 11 is 0. The van der Waals surface area contributed by atoms with E-state index in [-0.39, 0.29) is 5.91 Å². The summed E-state index contributed by atoms with van der Waals surface area (Å²) in [7, 11) is 3.65. The van der Waals surface area contributed by atoms with E-state index < -0.39 is 0 Å². The van der Waals surface area contributed by atoms with Crippen molar-refractivity contribution in [3.63, 3.8) is 0 Å². The van der Waals surface area contributed by atoms with Gasteiger partial charge in [-0.15, -0.1) is 0 Å². The third-order valence-corrected chi connectivity index (χ3v) is 3.38. The van der Waals surface area contributed by atoms with Gasteiger partial charge in [0.05, 0.1) is 6.54 Å². The van der Waals surface area contributed by atoms with Crippen LogP contribution >= 0.6 is 0 Å². The van der Waals surface area contributed by atoms with Crippen LogP contribution in [-0.2, 0) is 9.53 Å². The van der Waals surface area contributed by atoms with Crippen LogP contribution in [0.2, 0.25) is 0 Å². The highest BCUT2D eigenvalue weighted by atomic mass is 16.5. The van der Waals surface area contributed by atoms with E-state index in [1.54, 1.807) is 7.11 Å². The number of piperidine rings is 1. The fourth-order valence-corrected chi connectivity index (χ4v) is 2.42. The zero-order valence-corrected chi connectivity index (χ0v) is 11.7. The topological polar surface area (TPSA) is 53.6 Å². The summed E-state index contributed by atoms with van der Waals surface area (Å²) in [6, 6.07) is 0.508. The molecule has 1 rings (SSSR count). The highest BCUT2D eigenvalue weighted by Crippen LogP contribution is 2.15. The second-order valence-electron chi connectivity index (χ2n) is 4.87. The van der Waals surface area contributed by atoms with Crippen molar-refractivity contribution in [1.29, 1.82) is 0 Å². The molecule has 0 aromatic carbocycles. The van der Waals surface area contributed by atoms with E-state index in [1.165, 1.54) is 19.3 Å². The lowest BCUT2D eigenvalue weighted by Crippen LogP contribution is -2.49. The van der Waals surface area contributed by atoms with Crippen LogP contribution in [0.25, 0.3) is 0 Å². The molecule has 106 valence electrons. The molecule has 1 fully saturated rings. The van der Waals surface area contributed by atoms with E-state index in [0.717, 1.165) is 19.5 Å². The van der Waals surface area contributed by atoms with Crippen LogP contribution in [0.4, 0.5) is 0 Å². The van der Waals surface area contributed by atoms with Crippen molar-refractivity contribution in [3.8, 4) is 0 Å². The van der Waals surface area contributed by atoms with Gasteiger partial charge in [0.25, 0.3) is 0 Å². The average molecular weight is 257 g/mol. The van der Waals surface area contributed by atoms with Gasteiger partial charge in [-0.2, -0.15) is 0 Å². The highest BCUT2D eigenvalue weighted by molar-refractivity contribution is 5.78. The van der Waals surface area contributed by atoms with E-state index in [4.69, 9.17) is 4.74 Å². The quantitative estimate of drug-likeness (QED) is 0.611. The van der Waals surface area contributed by atoms with Crippen molar-refractivity contribution < 1.29 is 9.53 Å². The van der Waals surface area contributed by atoms with Crippen LogP contribution in [0.5, 0.6) is 0 Å². The van der Waals surface area contributed by atoms with E-state index in [2.05, 4.69) is 15.5 Å². The zero-order chi connectivity index (χ0) is 13.2. The Bertz CT molecular complexity index is 234. The summed E-state index contributed by atoms with van der Waals surface area (Å²) in [6.07, 6.45) is 4.55. The van der Waals surface area contributed by atoms with Gasteiger partial charge < -0.3 is 15.4 Å². The van der Waals surface area contributed by atoms with Crippen molar-refractivity contribution in [3.05, 3.63) is 0 Å². The minimum Gasteiger partial charge on any atom is -0.385 e. The molecule has 1 saturated heterocycles. The number of carbonyl (C=O) groups excluding carboxylic acids is 1. The zero-order valence-electron chi connectivity index (χ0n) is 11.7. The second-order valence-corrected chi connectivity index (χ2v) is 4.87. The molecule has 2 N–H and O–H groups in total.